The van der Waals surface area contributed by atoms with Gasteiger partial charge in [-0.05, 0) is 37.4 Å². The lowest BCUT2D eigenvalue weighted by Gasteiger charge is -2.21. The van der Waals surface area contributed by atoms with Crippen LogP contribution >= 0.6 is 11.6 Å². The third-order valence-corrected chi connectivity index (χ3v) is 4.73. The van der Waals surface area contributed by atoms with Crippen LogP contribution in [0.15, 0.2) is 30.5 Å². The van der Waals surface area contributed by atoms with Gasteiger partial charge in [0.1, 0.15) is 0 Å². The number of para-hydroxylation sites is 1. The summed E-state index contributed by atoms with van der Waals surface area (Å²) in [5.74, 6) is 0.897. The van der Waals surface area contributed by atoms with E-state index >= 15 is 0 Å². The van der Waals surface area contributed by atoms with Crippen LogP contribution in [0, 0.1) is 5.92 Å². The maximum absolute atomic E-state index is 6.30. The van der Waals surface area contributed by atoms with Crippen molar-refractivity contribution in [1.29, 1.82) is 0 Å². The van der Waals surface area contributed by atoms with E-state index in [1.165, 1.54) is 44.0 Å². The SMILES string of the molecule is Clc1cccc2ccn(CCNCC3CCCCC3)c12. The van der Waals surface area contributed by atoms with Crippen molar-refractivity contribution in [3.05, 3.63) is 35.5 Å². The van der Waals surface area contributed by atoms with Gasteiger partial charge in [0, 0.05) is 24.7 Å². The van der Waals surface area contributed by atoms with Crippen LogP contribution in [0.2, 0.25) is 5.02 Å². The Balaban J connectivity index is 1.52. The Bertz CT molecular complexity index is 555. The molecule has 0 amide bonds. The fraction of sp³-hybridized carbons (Fsp3) is 0.529. The van der Waals surface area contributed by atoms with E-state index in [0.717, 1.165) is 29.5 Å². The van der Waals surface area contributed by atoms with Gasteiger partial charge >= 0.3 is 0 Å². The van der Waals surface area contributed by atoms with Crippen molar-refractivity contribution in [3.63, 3.8) is 0 Å². The van der Waals surface area contributed by atoms with Gasteiger partial charge in [-0.2, -0.15) is 0 Å². The molecule has 3 rings (SSSR count). The molecule has 1 heterocycles. The van der Waals surface area contributed by atoms with Gasteiger partial charge in [0.25, 0.3) is 0 Å². The Kier molecular flexibility index (Phi) is 4.64. The zero-order chi connectivity index (χ0) is 13.8. The van der Waals surface area contributed by atoms with E-state index in [9.17, 15) is 0 Å². The topological polar surface area (TPSA) is 17.0 Å². The zero-order valence-electron chi connectivity index (χ0n) is 11.9. The lowest BCUT2D eigenvalue weighted by molar-refractivity contribution is 0.341. The first-order valence-electron chi connectivity index (χ1n) is 7.78. The lowest BCUT2D eigenvalue weighted by Crippen LogP contribution is -2.27. The van der Waals surface area contributed by atoms with Crippen LogP contribution < -0.4 is 5.32 Å². The monoisotopic (exact) mass is 290 g/mol. The summed E-state index contributed by atoms with van der Waals surface area (Å²) in [6.45, 7) is 3.18. The van der Waals surface area contributed by atoms with Crippen LogP contribution in [-0.2, 0) is 6.54 Å². The number of benzene rings is 1. The highest BCUT2D eigenvalue weighted by atomic mass is 35.5. The Labute approximate surface area is 126 Å². The van der Waals surface area contributed by atoms with Crippen LogP contribution in [0.1, 0.15) is 32.1 Å². The van der Waals surface area contributed by atoms with Crippen molar-refractivity contribution >= 4 is 22.5 Å². The minimum atomic E-state index is 0.847. The number of aromatic nitrogens is 1. The molecule has 1 aromatic carbocycles. The molecule has 1 aliphatic carbocycles. The van der Waals surface area contributed by atoms with Gasteiger partial charge in [-0.15, -0.1) is 0 Å². The molecule has 0 aliphatic heterocycles. The highest BCUT2D eigenvalue weighted by molar-refractivity contribution is 6.35. The molecule has 1 fully saturated rings. The Morgan fingerprint density at radius 3 is 2.85 bits per heavy atom. The summed E-state index contributed by atoms with van der Waals surface area (Å²) < 4.78 is 2.26. The predicted molar refractivity (Wildman–Crippen MR) is 86.4 cm³/mol. The van der Waals surface area contributed by atoms with Gasteiger partial charge in [0.2, 0.25) is 0 Å². The van der Waals surface area contributed by atoms with Crippen LogP contribution in [0.5, 0.6) is 0 Å². The second-order valence-electron chi connectivity index (χ2n) is 5.89. The van der Waals surface area contributed by atoms with Crippen molar-refractivity contribution in [3.8, 4) is 0 Å². The molecule has 108 valence electrons. The smallest absolute Gasteiger partial charge is 0.0670 e. The second-order valence-corrected chi connectivity index (χ2v) is 6.30. The van der Waals surface area contributed by atoms with Crippen LogP contribution in [-0.4, -0.2) is 17.7 Å². The molecule has 0 atom stereocenters. The highest BCUT2D eigenvalue weighted by Crippen LogP contribution is 2.24. The quantitative estimate of drug-likeness (QED) is 0.804. The van der Waals surface area contributed by atoms with Crippen molar-refractivity contribution in [2.24, 2.45) is 5.92 Å². The first-order valence-corrected chi connectivity index (χ1v) is 8.16. The molecule has 1 N–H and O–H groups in total. The summed E-state index contributed by atoms with van der Waals surface area (Å²) in [6.07, 6.45) is 9.23. The Morgan fingerprint density at radius 2 is 2.00 bits per heavy atom. The maximum atomic E-state index is 6.30. The molecule has 2 aromatic rings. The summed E-state index contributed by atoms with van der Waals surface area (Å²) in [5, 5.41) is 5.69. The first kappa shape index (κ1) is 14.0. The van der Waals surface area contributed by atoms with Crippen LogP contribution in [0.25, 0.3) is 10.9 Å². The zero-order valence-corrected chi connectivity index (χ0v) is 12.7. The number of nitrogens with one attached hydrogen (secondary N) is 1. The average molecular weight is 291 g/mol. The normalized spacial score (nSPS) is 16.9. The molecule has 1 aliphatic rings. The van der Waals surface area contributed by atoms with Gasteiger partial charge < -0.3 is 9.88 Å². The van der Waals surface area contributed by atoms with E-state index in [2.05, 4.69) is 28.2 Å². The molecule has 2 nitrogen and oxygen atoms in total. The predicted octanol–water partition coefficient (Wildman–Crippen LogP) is 4.46. The number of hydrogen-bond acceptors (Lipinski definition) is 1. The van der Waals surface area contributed by atoms with E-state index in [-0.39, 0.29) is 0 Å². The van der Waals surface area contributed by atoms with Crippen molar-refractivity contribution in [2.75, 3.05) is 13.1 Å². The molecule has 0 saturated heterocycles. The minimum Gasteiger partial charge on any atom is -0.345 e. The molecule has 0 spiro atoms. The minimum absolute atomic E-state index is 0.847. The van der Waals surface area contributed by atoms with E-state index in [1.807, 2.05) is 12.1 Å². The molecule has 1 saturated carbocycles. The number of nitrogens with zero attached hydrogens (tertiary/aromatic N) is 1. The molecular weight excluding hydrogens is 268 g/mol. The molecule has 0 radical (unpaired) electrons. The Hall–Kier alpha value is -0.990. The summed E-state index contributed by atoms with van der Waals surface area (Å²) in [5.41, 5.74) is 1.16. The average Bonchev–Trinajstić information content (AvgIpc) is 2.89. The summed E-state index contributed by atoms with van der Waals surface area (Å²) in [6, 6.07) is 8.24. The number of halogens is 1. The fourth-order valence-electron chi connectivity index (χ4n) is 3.30. The molecular formula is C17H23ClN2. The molecule has 0 unspecified atom stereocenters. The van der Waals surface area contributed by atoms with E-state index < -0.39 is 0 Å². The largest absolute Gasteiger partial charge is 0.345 e. The molecule has 20 heavy (non-hydrogen) atoms. The maximum Gasteiger partial charge on any atom is 0.0670 e. The number of rotatable bonds is 5. The fourth-order valence-corrected chi connectivity index (χ4v) is 3.59. The number of fused-ring (bicyclic) bond motifs is 1. The van der Waals surface area contributed by atoms with E-state index in [1.54, 1.807) is 0 Å². The third kappa shape index (κ3) is 3.18. The van der Waals surface area contributed by atoms with E-state index in [4.69, 9.17) is 11.6 Å². The van der Waals surface area contributed by atoms with Gasteiger partial charge in [-0.1, -0.05) is 43.0 Å². The van der Waals surface area contributed by atoms with Gasteiger partial charge in [0.15, 0.2) is 0 Å². The highest BCUT2D eigenvalue weighted by Gasteiger charge is 2.12. The van der Waals surface area contributed by atoms with Crippen LogP contribution in [0.3, 0.4) is 0 Å². The van der Waals surface area contributed by atoms with Gasteiger partial charge in [-0.3, -0.25) is 0 Å². The lowest BCUT2D eigenvalue weighted by atomic mass is 9.89. The molecule has 0 bridgehead atoms. The van der Waals surface area contributed by atoms with Gasteiger partial charge in [0.05, 0.1) is 10.5 Å². The third-order valence-electron chi connectivity index (χ3n) is 4.43. The van der Waals surface area contributed by atoms with E-state index in [0.29, 0.717) is 0 Å². The summed E-state index contributed by atoms with van der Waals surface area (Å²) in [7, 11) is 0. The summed E-state index contributed by atoms with van der Waals surface area (Å²) in [4.78, 5) is 0. The second kappa shape index (κ2) is 6.64. The standard InChI is InChI=1S/C17H23ClN2/c18-16-8-4-7-15-9-11-20(17(15)16)12-10-19-13-14-5-2-1-3-6-14/h4,7-9,11,14,19H,1-3,5-6,10,12-13H2. The molecule has 3 heteroatoms. The van der Waals surface area contributed by atoms with Crippen molar-refractivity contribution < 1.29 is 0 Å². The van der Waals surface area contributed by atoms with Crippen molar-refractivity contribution in [1.82, 2.24) is 9.88 Å². The number of hydrogen-bond donors (Lipinski definition) is 1. The van der Waals surface area contributed by atoms with Gasteiger partial charge in [-0.25, -0.2) is 0 Å². The Morgan fingerprint density at radius 1 is 1.15 bits per heavy atom. The van der Waals surface area contributed by atoms with Crippen molar-refractivity contribution in [2.45, 2.75) is 38.6 Å². The summed E-state index contributed by atoms with van der Waals surface area (Å²) >= 11 is 6.30. The van der Waals surface area contributed by atoms with Crippen LogP contribution in [0.4, 0.5) is 0 Å². The first-order chi connectivity index (χ1) is 9.84. The molecule has 1 aromatic heterocycles.